The van der Waals surface area contributed by atoms with Gasteiger partial charge in [0.15, 0.2) is 5.78 Å². The molecule has 3 nitrogen and oxygen atoms in total. The van der Waals surface area contributed by atoms with Gasteiger partial charge in [0.2, 0.25) is 0 Å². The molecule has 2 aromatic rings. The lowest BCUT2D eigenvalue weighted by Crippen LogP contribution is -2.41. The number of hydrogen-bond donors (Lipinski definition) is 0. The third-order valence-electron chi connectivity index (χ3n) is 4.19. The van der Waals surface area contributed by atoms with E-state index in [1.54, 1.807) is 7.11 Å². The molecular weight excluding hydrogens is 264 g/mol. The van der Waals surface area contributed by atoms with Crippen molar-refractivity contribution in [2.75, 3.05) is 26.9 Å². The van der Waals surface area contributed by atoms with Gasteiger partial charge in [-0.05, 0) is 22.8 Å². The Hall–Kier alpha value is -1.71. The van der Waals surface area contributed by atoms with E-state index in [1.165, 1.54) is 0 Å². The molecule has 0 fully saturated rings. The second kappa shape index (κ2) is 5.58. The summed E-state index contributed by atoms with van der Waals surface area (Å²) < 4.78 is 11.1. The van der Waals surface area contributed by atoms with Gasteiger partial charge in [-0.25, -0.2) is 0 Å². The molecule has 1 aliphatic rings. The summed E-state index contributed by atoms with van der Waals surface area (Å²) in [7, 11) is 1.64. The monoisotopic (exact) mass is 284 g/mol. The second-order valence-corrected chi connectivity index (χ2v) is 5.61. The summed E-state index contributed by atoms with van der Waals surface area (Å²) in [5, 5.41) is 2.16. The van der Waals surface area contributed by atoms with E-state index in [2.05, 4.69) is 6.92 Å². The van der Waals surface area contributed by atoms with Crippen LogP contribution in [0.3, 0.4) is 0 Å². The zero-order valence-corrected chi connectivity index (χ0v) is 12.5. The van der Waals surface area contributed by atoms with Crippen LogP contribution in [-0.4, -0.2) is 32.7 Å². The van der Waals surface area contributed by atoms with Crippen molar-refractivity contribution >= 4 is 16.6 Å². The van der Waals surface area contributed by atoms with Gasteiger partial charge in [0.05, 0.1) is 13.2 Å². The molecule has 110 valence electrons. The molecule has 0 saturated heterocycles. The average molecular weight is 284 g/mol. The Bertz CT molecular complexity index is 672. The minimum Gasteiger partial charge on any atom is -0.383 e. The fourth-order valence-electron chi connectivity index (χ4n) is 3.27. The smallest absolute Gasteiger partial charge is 0.178 e. The van der Waals surface area contributed by atoms with E-state index >= 15 is 0 Å². The molecule has 2 aromatic carbocycles. The van der Waals surface area contributed by atoms with Gasteiger partial charge in [0, 0.05) is 19.3 Å². The number of ketones is 1. The van der Waals surface area contributed by atoms with E-state index in [9.17, 15) is 4.79 Å². The number of carbonyl (C=O) groups excluding carboxylic acids is 1. The fraction of sp³-hybridized carbons (Fsp3) is 0.389. The molecule has 0 N–H and O–H groups in total. The van der Waals surface area contributed by atoms with Crippen LogP contribution in [0.5, 0.6) is 0 Å². The van der Waals surface area contributed by atoms with Crippen molar-refractivity contribution in [3.8, 4) is 0 Å². The van der Waals surface area contributed by atoms with Gasteiger partial charge in [-0.3, -0.25) is 4.79 Å². The van der Waals surface area contributed by atoms with Gasteiger partial charge in [-0.2, -0.15) is 0 Å². The maximum absolute atomic E-state index is 13.0. The molecule has 0 saturated carbocycles. The molecule has 0 bridgehead atoms. The minimum atomic E-state index is -0.701. The lowest BCUT2D eigenvalue weighted by Gasteiger charge is -2.28. The van der Waals surface area contributed by atoms with Gasteiger partial charge in [0.25, 0.3) is 0 Å². The Labute approximate surface area is 124 Å². The summed E-state index contributed by atoms with van der Waals surface area (Å²) in [5.41, 5.74) is 1.13. The van der Waals surface area contributed by atoms with E-state index in [-0.39, 0.29) is 5.78 Å². The van der Waals surface area contributed by atoms with Crippen LogP contribution < -0.4 is 0 Å². The summed E-state index contributed by atoms with van der Waals surface area (Å²) in [4.78, 5) is 13.0. The van der Waals surface area contributed by atoms with Crippen LogP contribution in [0, 0.1) is 0 Å². The van der Waals surface area contributed by atoms with Gasteiger partial charge < -0.3 is 9.47 Å². The number of ether oxygens (including phenoxy) is 2. The van der Waals surface area contributed by atoms with E-state index in [4.69, 9.17) is 9.47 Å². The standard InChI is InChI=1S/C18H20O3/c1-3-10-21-12-18(11-20-2)15-9-5-7-13-6-4-8-14(16(13)15)17(18)19/h4-9H,3,10-12H2,1-2H3. The fourth-order valence-corrected chi connectivity index (χ4v) is 3.27. The molecule has 0 radical (unpaired) electrons. The van der Waals surface area contributed by atoms with E-state index in [0.29, 0.717) is 19.8 Å². The first-order valence-corrected chi connectivity index (χ1v) is 7.38. The third kappa shape index (κ3) is 2.08. The van der Waals surface area contributed by atoms with Crippen molar-refractivity contribution in [1.82, 2.24) is 0 Å². The van der Waals surface area contributed by atoms with E-state index in [1.807, 2.05) is 36.4 Å². The maximum Gasteiger partial charge on any atom is 0.178 e. The van der Waals surface area contributed by atoms with Crippen LogP contribution in [-0.2, 0) is 14.9 Å². The van der Waals surface area contributed by atoms with Gasteiger partial charge in [0.1, 0.15) is 5.41 Å². The number of carbonyl (C=O) groups is 1. The zero-order valence-electron chi connectivity index (χ0n) is 12.5. The molecule has 21 heavy (non-hydrogen) atoms. The SMILES string of the molecule is CCCOCC1(COC)C(=O)c2cccc3cccc1c23. The quantitative estimate of drug-likeness (QED) is 0.763. The highest BCUT2D eigenvalue weighted by Crippen LogP contribution is 2.43. The summed E-state index contributed by atoms with van der Waals surface area (Å²) in [5.74, 6) is 0.118. The summed E-state index contributed by atoms with van der Waals surface area (Å²) in [6, 6.07) is 12.0. The highest BCUT2D eigenvalue weighted by molar-refractivity contribution is 6.20. The van der Waals surface area contributed by atoms with E-state index < -0.39 is 5.41 Å². The molecule has 0 spiro atoms. The Kier molecular flexibility index (Phi) is 3.79. The molecular formula is C18H20O3. The molecule has 3 heteroatoms. The first kappa shape index (κ1) is 14.2. The lowest BCUT2D eigenvalue weighted by atomic mass is 9.81. The van der Waals surface area contributed by atoms with Crippen LogP contribution in [0.25, 0.3) is 10.8 Å². The van der Waals surface area contributed by atoms with Crippen molar-refractivity contribution in [2.45, 2.75) is 18.8 Å². The maximum atomic E-state index is 13.0. The van der Waals surface area contributed by atoms with Crippen LogP contribution in [0.2, 0.25) is 0 Å². The molecule has 3 rings (SSSR count). The Morgan fingerprint density at radius 1 is 1.10 bits per heavy atom. The van der Waals surface area contributed by atoms with Crippen LogP contribution in [0.4, 0.5) is 0 Å². The molecule has 0 amide bonds. The number of rotatable bonds is 6. The molecule has 1 aliphatic carbocycles. The second-order valence-electron chi connectivity index (χ2n) is 5.61. The van der Waals surface area contributed by atoms with Crippen LogP contribution in [0.15, 0.2) is 36.4 Å². The van der Waals surface area contributed by atoms with Gasteiger partial charge in [-0.15, -0.1) is 0 Å². The molecule has 0 aromatic heterocycles. The predicted molar refractivity (Wildman–Crippen MR) is 82.9 cm³/mol. The van der Waals surface area contributed by atoms with Crippen LogP contribution in [0.1, 0.15) is 29.3 Å². The topological polar surface area (TPSA) is 35.5 Å². The normalized spacial score (nSPS) is 20.4. The number of hydrogen-bond acceptors (Lipinski definition) is 3. The summed E-state index contributed by atoms with van der Waals surface area (Å²) in [6.07, 6.45) is 0.939. The predicted octanol–water partition coefficient (Wildman–Crippen LogP) is 3.35. The Balaban J connectivity index is 2.14. The highest BCUT2D eigenvalue weighted by atomic mass is 16.5. The number of benzene rings is 2. The van der Waals surface area contributed by atoms with Gasteiger partial charge in [-0.1, -0.05) is 43.3 Å². The number of methoxy groups -OCH3 is 1. The molecule has 1 unspecified atom stereocenters. The Morgan fingerprint density at radius 3 is 2.57 bits per heavy atom. The third-order valence-corrected chi connectivity index (χ3v) is 4.19. The van der Waals surface area contributed by atoms with Crippen molar-refractivity contribution in [3.05, 3.63) is 47.5 Å². The van der Waals surface area contributed by atoms with Crippen molar-refractivity contribution in [3.63, 3.8) is 0 Å². The first-order valence-electron chi connectivity index (χ1n) is 7.38. The first-order chi connectivity index (χ1) is 10.2. The van der Waals surface area contributed by atoms with Crippen LogP contribution >= 0.6 is 0 Å². The molecule has 0 heterocycles. The lowest BCUT2D eigenvalue weighted by molar-refractivity contribution is 0.0342. The van der Waals surface area contributed by atoms with Gasteiger partial charge >= 0.3 is 0 Å². The van der Waals surface area contributed by atoms with Crippen molar-refractivity contribution in [1.29, 1.82) is 0 Å². The average Bonchev–Trinajstić information content (AvgIpc) is 2.74. The summed E-state index contributed by atoms with van der Waals surface area (Å²) in [6.45, 7) is 3.45. The minimum absolute atomic E-state index is 0.118. The largest absolute Gasteiger partial charge is 0.383 e. The zero-order chi connectivity index (χ0) is 14.9. The van der Waals surface area contributed by atoms with Crippen molar-refractivity contribution in [2.24, 2.45) is 0 Å². The van der Waals surface area contributed by atoms with E-state index in [0.717, 1.165) is 28.3 Å². The summed E-state index contributed by atoms with van der Waals surface area (Å²) >= 11 is 0. The highest BCUT2D eigenvalue weighted by Gasteiger charge is 2.47. The number of Topliss-reactive ketones (excluding diaryl/α,β-unsaturated/α-hetero) is 1. The van der Waals surface area contributed by atoms with Crippen molar-refractivity contribution < 1.29 is 14.3 Å². The Morgan fingerprint density at radius 2 is 1.86 bits per heavy atom. The molecule has 1 atom stereocenters. The molecule has 0 aliphatic heterocycles.